The second-order valence-electron chi connectivity index (χ2n) is 3.58. The van der Waals surface area contributed by atoms with Crippen molar-refractivity contribution in [3.63, 3.8) is 0 Å². The first-order valence-electron chi connectivity index (χ1n) is 5.05. The summed E-state index contributed by atoms with van der Waals surface area (Å²) in [5.74, 6) is 2.56. The number of nitrogens with one attached hydrogen (secondary N) is 1. The smallest absolute Gasteiger partial charge is 0.407 e. The largest absolute Gasteiger partial charge is 0.453 e. The van der Waals surface area contributed by atoms with E-state index in [0.717, 1.165) is 17.5 Å². The molecule has 0 saturated heterocycles. The van der Waals surface area contributed by atoms with Gasteiger partial charge in [-0.15, -0.1) is 6.42 Å². The molecule has 0 spiro atoms. The zero-order valence-corrected chi connectivity index (χ0v) is 9.49. The standard InChI is InChI=1S/C13H15NO2/c1-4-11-5-7-12(8-6-11)9-10(2)14-13(15)16-3/h1,5-8,10H,9H2,2-3H3,(H,14,15). The van der Waals surface area contributed by atoms with Crippen molar-refractivity contribution in [3.05, 3.63) is 35.4 Å². The van der Waals surface area contributed by atoms with Crippen molar-refractivity contribution < 1.29 is 9.53 Å². The SMILES string of the molecule is C#Cc1ccc(CC(C)NC(=O)OC)cc1. The minimum atomic E-state index is -0.409. The normalized spacial score (nSPS) is 11.3. The van der Waals surface area contributed by atoms with E-state index in [1.807, 2.05) is 31.2 Å². The average Bonchev–Trinajstić information content (AvgIpc) is 2.29. The fraction of sp³-hybridized carbons (Fsp3) is 0.308. The van der Waals surface area contributed by atoms with Crippen molar-refractivity contribution >= 4 is 6.09 Å². The Bertz CT molecular complexity index is 389. The Hall–Kier alpha value is -1.95. The number of carbonyl (C=O) groups excluding carboxylic acids is 1. The number of carbonyl (C=O) groups is 1. The lowest BCUT2D eigenvalue weighted by Crippen LogP contribution is -2.33. The maximum Gasteiger partial charge on any atom is 0.407 e. The van der Waals surface area contributed by atoms with E-state index in [1.54, 1.807) is 0 Å². The fourth-order valence-electron chi connectivity index (χ4n) is 1.40. The van der Waals surface area contributed by atoms with Gasteiger partial charge in [0.05, 0.1) is 7.11 Å². The molecule has 1 aromatic rings. The second-order valence-corrected chi connectivity index (χ2v) is 3.58. The van der Waals surface area contributed by atoms with E-state index in [-0.39, 0.29) is 6.04 Å². The van der Waals surface area contributed by atoms with Crippen molar-refractivity contribution in [3.8, 4) is 12.3 Å². The molecule has 1 aromatic carbocycles. The van der Waals surface area contributed by atoms with Crippen LogP contribution in [0.15, 0.2) is 24.3 Å². The van der Waals surface area contributed by atoms with E-state index in [0.29, 0.717) is 0 Å². The third kappa shape index (κ3) is 3.66. The molecule has 84 valence electrons. The molecule has 0 heterocycles. The lowest BCUT2D eigenvalue weighted by atomic mass is 10.1. The molecule has 0 aliphatic rings. The van der Waals surface area contributed by atoms with Gasteiger partial charge in [0.15, 0.2) is 0 Å². The van der Waals surface area contributed by atoms with Crippen LogP contribution in [-0.4, -0.2) is 19.2 Å². The van der Waals surface area contributed by atoms with Crippen molar-refractivity contribution in [2.24, 2.45) is 0 Å². The summed E-state index contributed by atoms with van der Waals surface area (Å²) in [7, 11) is 1.35. The van der Waals surface area contributed by atoms with Crippen LogP contribution in [0.2, 0.25) is 0 Å². The Kier molecular flexibility index (Phi) is 4.41. The molecule has 0 aliphatic heterocycles. The summed E-state index contributed by atoms with van der Waals surface area (Å²) in [6.07, 6.45) is 5.60. The zero-order valence-electron chi connectivity index (χ0n) is 9.49. The third-order valence-corrected chi connectivity index (χ3v) is 2.21. The molecule has 1 unspecified atom stereocenters. The van der Waals surface area contributed by atoms with Gasteiger partial charge in [-0.2, -0.15) is 0 Å². The first kappa shape index (κ1) is 12.1. The average molecular weight is 217 g/mol. The van der Waals surface area contributed by atoms with Gasteiger partial charge in [0.2, 0.25) is 0 Å². The number of terminal acetylenes is 1. The van der Waals surface area contributed by atoms with Crippen molar-refractivity contribution in [1.82, 2.24) is 5.32 Å². The molecule has 16 heavy (non-hydrogen) atoms. The van der Waals surface area contributed by atoms with Crippen LogP contribution in [0.25, 0.3) is 0 Å². The number of benzene rings is 1. The summed E-state index contributed by atoms with van der Waals surface area (Å²) in [6.45, 7) is 1.92. The molecule has 1 atom stereocenters. The predicted octanol–water partition coefficient (Wildman–Crippen LogP) is 1.95. The number of ether oxygens (including phenoxy) is 1. The molecule has 0 aliphatic carbocycles. The Morgan fingerprint density at radius 1 is 1.50 bits per heavy atom. The predicted molar refractivity (Wildman–Crippen MR) is 63.1 cm³/mol. The van der Waals surface area contributed by atoms with Gasteiger partial charge in [-0.05, 0) is 31.0 Å². The van der Waals surface area contributed by atoms with Crippen molar-refractivity contribution in [2.45, 2.75) is 19.4 Å². The molecule has 3 nitrogen and oxygen atoms in total. The maximum atomic E-state index is 11.0. The Morgan fingerprint density at radius 3 is 2.62 bits per heavy atom. The van der Waals surface area contributed by atoms with Gasteiger partial charge in [-0.25, -0.2) is 4.79 Å². The van der Waals surface area contributed by atoms with Crippen LogP contribution in [0.5, 0.6) is 0 Å². The number of hydrogen-bond acceptors (Lipinski definition) is 2. The number of methoxy groups -OCH3 is 1. The summed E-state index contributed by atoms with van der Waals surface area (Å²) < 4.78 is 4.52. The van der Waals surface area contributed by atoms with E-state index in [1.165, 1.54) is 7.11 Å². The van der Waals surface area contributed by atoms with Gasteiger partial charge in [0.25, 0.3) is 0 Å². The monoisotopic (exact) mass is 217 g/mol. The highest BCUT2D eigenvalue weighted by atomic mass is 16.5. The Morgan fingerprint density at radius 2 is 2.12 bits per heavy atom. The summed E-state index contributed by atoms with van der Waals surface area (Å²) in [5.41, 5.74) is 1.99. The molecule has 1 rings (SSSR count). The molecule has 0 aromatic heterocycles. The minimum Gasteiger partial charge on any atom is -0.453 e. The van der Waals surface area contributed by atoms with E-state index >= 15 is 0 Å². The molecule has 0 bridgehead atoms. The van der Waals surface area contributed by atoms with Gasteiger partial charge >= 0.3 is 6.09 Å². The Labute approximate surface area is 95.8 Å². The first-order chi connectivity index (χ1) is 7.65. The van der Waals surface area contributed by atoms with Gasteiger partial charge in [0, 0.05) is 11.6 Å². The van der Waals surface area contributed by atoms with Crippen LogP contribution in [0, 0.1) is 12.3 Å². The topological polar surface area (TPSA) is 38.3 Å². The van der Waals surface area contributed by atoms with Crippen LogP contribution < -0.4 is 5.32 Å². The summed E-state index contributed by atoms with van der Waals surface area (Å²) in [5, 5.41) is 2.71. The fourth-order valence-corrected chi connectivity index (χ4v) is 1.40. The van der Waals surface area contributed by atoms with Gasteiger partial charge in [-0.1, -0.05) is 18.1 Å². The van der Waals surface area contributed by atoms with Crippen LogP contribution in [-0.2, 0) is 11.2 Å². The molecule has 1 N–H and O–H groups in total. The molecular formula is C13H15NO2. The van der Waals surface area contributed by atoms with Crippen LogP contribution in [0.3, 0.4) is 0 Å². The summed E-state index contributed by atoms with van der Waals surface area (Å²) in [4.78, 5) is 11.0. The van der Waals surface area contributed by atoms with E-state index in [9.17, 15) is 4.79 Å². The maximum absolute atomic E-state index is 11.0. The lowest BCUT2D eigenvalue weighted by molar-refractivity contribution is 0.167. The number of rotatable bonds is 3. The van der Waals surface area contributed by atoms with Gasteiger partial charge in [-0.3, -0.25) is 0 Å². The highest BCUT2D eigenvalue weighted by Crippen LogP contribution is 2.06. The molecular weight excluding hydrogens is 202 g/mol. The van der Waals surface area contributed by atoms with E-state index in [4.69, 9.17) is 6.42 Å². The highest BCUT2D eigenvalue weighted by molar-refractivity contribution is 5.67. The lowest BCUT2D eigenvalue weighted by Gasteiger charge is -2.12. The number of amides is 1. The Balaban J connectivity index is 2.53. The molecule has 1 amide bonds. The van der Waals surface area contributed by atoms with Gasteiger partial charge < -0.3 is 10.1 Å². The quantitative estimate of drug-likeness (QED) is 0.786. The molecule has 3 heteroatoms. The summed E-state index contributed by atoms with van der Waals surface area (Å²) in [6, 6.07) is 7.74. The highest BCUT2D eigenvalue weighted by Gasteiger charge is 2.07. The molecule has 0 radical (unpaired) electrons. The van der Waals surface area contributed by atoms with Crippen molar-refractivity contribution in [2.75, 3.05) is 7.11 Å². The third-order valence-electron chi connectivity index (χ3n) is 2.21. The zero-order chi connectivity index (χ0) is 12.0. The van der Waals surface area contributed by atoms with E-state index < -0.39 is 6.09 Å². The van der Waals surface area contributed by atoms with Crippen LogP contribution >= 0.6 is 0 Å². The van der Waals surface area contributed by atoms with Gasteiger partial charge in [0.1, 0.15) is 0 Å². The van der Waals surface area contributed by atoms with Crippen LogP contribution in [0.4, 0.5) is 4.79 Å². The second kappa shape index (κ2) is 5.82. The molecule has 0 saturated carbocycles. The number of alkyl carbamates (subject to hydrolysis) is 1. The van der Waals surface area contributed by atoms with E-state index in [2.05, 4.69) is 16.0 Å². The van der Waals surface area contributed by atoms with Crippen molar-refractivity contribution in [1.29, 1.82) is 0 Å². The van der Waals surface area contributed by atoms with Crippen LogP contribution in [0.1, 0.15) is 18.1 Å². The number of hydrogen-bond donors (Lipinski definition) is 1. The minimum absolute atomic E-state index is 0.0316. The first-order valence-corrected chi connectivity index (χ1v) is 5.05. The molecule has 0 fully saturated rings. The summed E-state index contributed by atoms with van der Waals surface area (Å²) >= 11 is 0.